The minimum absolute atomic E-state index is 0.0767. The largest absolute Gasteiger partial charge is 0.333 e. The first-order valence-corrected chi connectivity index (χ1v) is 3.85. The summed E-state index contributed by atoms with van der Waals surface area (Å²) >= 11 is 0. The summed E-state index contributed by atoms with van der Waals surface area (Å²) < 4.78 is 1.94. The van der Waals surface area contributed by atoms with Gasteiger partial charge in [-0.25, -0.2) is 4.98 Å². The normalized spacial score (nSPS) is 10.8. The van der Waals surface area contributed by atoms with Crippen LogP contribution in [0, 0.1) is 0 Å². The van der Waals surface area contributed by atoms with Crippen molar-refractivity contribution in [2.45, 2.75) is 13.5 Å². The van der Waals surface area contributed by atoms with Gasteiger partial charge in [-0.15, -0.1) is 0 Å². The van der Waals surface area contributed by atoms with Crippen molar-refractivity contribution in [2.75, 3.05) is 0 Å². The third kappa shape index (κ3) is 0.845. The van der Waals surface area contributed by atoms with Crippen LogP contribution in [0.2, 0.25) is 0 Å². The topological polar surface area (TPSA) is 50.7 Å². The van der Waals surface area contributed by atoms with Crippen LogP contribution in [-0.2, 0) is 6.54 Å². The van der Waals surface area contributed by atoms with E-state index in [0.29, 0.717) is 5.39 Å². The number of rotatable bonds is 1. The van der Waals surface area contributed by atoms with Crippen LogP contribution in [0.3, 0.4) is 0 Å². The van der Waals surface area contributed by atoms with Gasteiger partial charge in [0.1, 0.15) is 5.65 Å². The maximum absolute atomic E-state index is 11.2. The van der Waals surface area contributed by atoms with E-state index in [0.717, 1.165) is 12.2 Å². The number of fused-ring (bicyclic) bond motifs is 1. The molecule has 0 saturated heterocycles. The van der Waals surface area contributed by atoms with Gasteiger partial charge in [0.2, 0.25) is 0 Å². The Labute approximate surface area is 68.9 Å². The van der Waals surface area contributed by atoms with Crippen LogP contribution in [-0.4, -0.2) is 14.5 Å². The molecule has 1 N–H and O–H groups in total. The number of nitrogens with one attached hydrogen (secondary N) is 1. The molecule has 0 bridgehead atoms. The molecule has 0 saturated carbocycles. The molecule has 4 heteroatoms. The van der Waals surface area contributed by atoms with Crippen molar-refractivity contribution in [3.05, 3.63) is 28.9 Å². The minimum atomic E-state index is -0.0767. The van der Waals surface area contributed by atoms with Crippen LogP contribution in [0.5, 0.6) is 0 Å². The molecular formula is C8H9N3O. The summed E-state index contributed by atoms with van der Waals surface area (Å²) in [6, 6.07) is 1.78. The highest BCUT2D eigenvalue weighted by Gasteiger charge is 2.02. The number of aryl methyl sites for hydroxylation is 1. The number of H-pyrrole nitrogens is 1. The zero-order chi connectivity index (χ0) is 8.55. The number of hydrogen-bond donors (Lipinski definition) is 1. The second-order valence-electron chi connectivity index (χ2n) is 2.57. The lowest BCUT2D eigenvalue weighted by molar-refractivity contribution is 0.786. The Morgan fingerprint density at radius 3 is 3.25 bits per heavy atom. The molecule has 2 heterocycles. The molecule has 0 radical (unpaired) electrons. The van der Waals surface area contributed by atoms with Crippen molar-refractivity contribution < 1.29 is 0 Å². The average Bonchev–Trinajstić information content (AvgIpc) is 2.49. The van der Waals surface area contributed by atoms with E-state index in [-0.39, 0.29) is 5.56 Å². The first-order chi connectivity index (χ1) is 5.83. The summed E-state index contributed by atoms with van der Waals surface area (Å²) in [6.07, 6.45) is 3.30. The van der Waals surface area contributed by atoms with Crippen LogP contribution in [0.25, 0.3) is 11.0 Å². The van der Waals surface area contributed by atoms with E-state index in [1.54, 1.807) is 6.07 Å². The van der Waals surface area contributed by atoms with Gasteiger partial charge in [-0.2, -0.15) is 0 Å². The monoisotopic (exact) mass is 163 g/mol. The van der Waals surface area contributed by atoms with E-state index < -0.39 is 0 Å². The fourth-order valence-electron chi connectivity index (χ4n) is 1.27. The zero-order valence-corrected chi connectivity index (χ0v) is 6.74. The lowest BCUT2D eigenvalue weighted by Crippen LogP contribution is -2.06. The highest BCUT2D eigenvalue weighted by molar-refractivity contribution is 5.74. The fourth-order valence-corrected chi connectivity index (χ4v) is 1.27. The lowest BCUT2D eigenvalue weighted by Gasteiger charge is -1.96. The summed E-state index contributed by atoms with van der Waals surface area (Å²) in [7, 11) is 0. The molecule has 0 spiro atoms. The molecule has 2 rings (SSSR count). The quantitative estimate of drug-likeness (QED) is 0.674. The summed E-state index contributed by atoms with van der Waals surface area (Å²) in [5, 5.41) is 0.652. The molecule has 0 aromatic carbocycles. The van der Waals surface area contributed by atoms with Gasteiger partial charge in [0, 0.05) is 12.7 Å². The number of aromatic amines is 1. The summed E-state index contributed by atoms with van der Waals surface area (Å²) in [4.78, 5) is 17.8. The summed E-state index contributed by atoms with van der Waals surface area (Å²) in [5.74, 6) is 0. The Bertz CT molecular complexity index is 455. The van der Waals surface area contributed by atoms with E-state index >= 15 is 0 Å². The highest BCUT2D eigenvalue weighted by Crippen LogP contribution is 2.06. The molecule has 0 amide bonds. The molecule has 12 heavy (non-hydrogen) atoms. The van der Waals surface area contributed by atoms with E-state index in [4.69, 9.17) is 0 Å². The van der Waals surface area contributed by atoms with Crippen LogP contribution < -0.4 is 5.56 Å². The molecule has 0 unspecified atom stereocenters. The Balaban J connectivity index is 2.89. The molecule has 0 atom stereocenters. The van der Waals surface area contributed by atoms with E-state index in [1.807, 2.05) is 17.7 Å². The predicted octanol–water partition coefficient (Wildman–Crippen LogP) is 0.744. The van der Waals surface area contributed by atoms with Gasteiger partial charge in [-0.3, -0.25) is 4.79 Å². The van der Waals surface area contributed by atoms with Gasteiger partial charge in [0.15, 0.2) is 0 Å². The fraction of sp³-hybridized carbons (Fsp3) is 0.250. The van der Waals surface area contributed by atoms with Crippen molar-refractivity contribution in [2.24, 2.45) is 0 Å². The van der Waals surface area contributed by atoms with E-state index in [1.165, 1.54) is 6.33 Å². The third-order valence-corrected chi connectivity index (χ3v) is 1.90. The van der Waals surface area contributed by atoms with Gasteiger partial charge in [0.25, 0.3) is 5.56 Å². The number of hydrogen-bond acceptors (Lipinski definition) is 2. The molecule has 2 aromatic rings. The van der Waals surface area contributed by atoms with Gasteiger partial charge < -0.3 is 9.55 Å². The Hall–Kier alpha value is -1.58. The lowest BCUT2D eigenvalue weighted by atomic mass is 10.4. The van der Waals surface area contributed by atoms with Gasteiger partial charge in [0.05, 0.1) is 11.7 Å². The summed E-state index contributed by atoms with van der Waals surface area (Å²) in [5.41, 5.74) is 0.674. The van der Waals surface area contributed by atoms with Crippen molar-refractivity contribution in [3.8, 4) is 0 Å². The van der Waals surface area contributed by atoms with E-state index in [2.05, 4.69) is 9.97 Å². The SMILES string of the molecule is CCn1ccc2c(=O)[nH]cnc21. The standard InChI is InChI=1S/C8H9N3O/c1-2-11-4-3-6-7(11)9-5-10-8(6)12/h3-5H,2H2,1H3,(H,9,10,12). The highest BCUT2D eigenvalue weighted by atomic mass is 16.1. The predicted molar refractivity (Wildman–Crippen MR) is 46.0 cm³/mol. The number of aromatic nitrogens is 3. The first-order valence-electron chi connectivity index (χ1n) is 3.85. The van der Waals surface area contributed by atoms with Gasteiger partial charge >= 0.3 is 0 Å². The zero-order valence-electron chi connectivity index (χ0n) is 6.74. The molecule has 4 nitrogen and oxygen atoms in total. The Kier molecular flexibility index (Phi) is 1.46. The molecule has 2 aromatic heterocycles. The second kappa shape index (κ2) is 2.48. The molecule has 0 fully saturated rings. The van der Waals surface area contributed by atoms with Crippen LogP contribution in [0.1, 0.15) is 6.92 Å². The van der Waals surface area contributed by atoms with Crippen LogP contribution >= 0.6 is 0 Å². The van der Waals surface area contributed by atoms with Crippen molar-refractivity contribution in [1.29, 1.82) is 0 Å². The molecule has 0 aliphatic carbocycles. The minimum Gasteiger partial charge on any atom is -0.333 e. The van der Waals surface area contributed by atoms with Gasteiger partial charge in [-0.05, 0) is 13.0 Å². The number of nitrogens with zero attached hydrogens (tertiary/aromatic N) is 2. The Morgan fingerprint density at radius 1 is 1.67 bits per heavy atom. The molecule has 0 aliphatic rings. The van der Waals surface area contributed by atoms with Gasteiger partial charge in [-0.1, -0.05) is 0 Å². The van der Waals surface area contributed by atoms with Crippen molar-refractivity contribution in [1.82, 2.24) is 14.5 Å². The van der Waals surface area contributed by atoms with Crippen LogP contribution in [0.4, 0.5) is 0 Å². The summed E-state index contributed by atoms with van der Waals surface area (Å²) in [6.45, 7) is 2.85. The van der Waals surface area contributed by atoms with Crippen molar-refractivity contribution >= 4 is 11.0 Å². The van der Waals surface area contributed by atoms with E-state index in [9.17, 15) is 4.79 Å². The smallest absolute Gasteiger partial charge is 0.260 e. The Morgan fingerprint density at radius 2 is 2.50 bits per heavy atom. The molecule has 0 aliphatic heterocycles. The molecule has 62 valence electrons. The second-order valence-corrected chi connectivity index (χ2v) is 2.57. The average molecular weight is 163 g/mol. The van der Waals surface area contributed by atoms with Crippen molar-refractivity contribution in [3.63, 3.8) is 0 Å². The maximum Gasteiger partial charge on any atom is 0.260 e. The third-order valence-electron chi connectivity index (χ3n) is 1.90. The maximum atomic E-state index is 11.2. The first kappa shape index (κ1) is 7.09. The van der Waals surface area contributed by atoms with Crippen LogP contribution in [0.15, 0.2) is 23.4 Å². The molecular weight excluding hydrogens is 154 g/mol.